The number of aromatic carboxylic acids is 1. The number of carboxylic acid groups (broad SMARTS) is 1. The van der Waals surface area contributed by atoms with Gasteiger partial charge >= 0.3 is 5.97 Å². The molecule has 2 unspecified atom stereocenters. The summed E-state index contributed by atoms with van der Waals surface area (Å²) in [7, 11) is 0. The largest absolute Gasteiger partial charge is 0.478 e. The smallest absolute Gasteiger partial charge is 0.335 e. The molecule has 1 saturated heterocycles. The standard InChI is InChI=1S/C13H18N2O2/c14-8-11-5-2-6-15-12(11)9-3-1-4-10(7-9)13(16)17/h1,3-4,7,11-12,15H,2,5-6,8,14H2,(H,16,17). The lowest BCUT2D eigenvalue weighted by atomic mass is 9.86. The molecule has 4 heteroatoms. The van der Waals surface area contributed by atoms with E-state index < -0.39 is 5.97 Å². The second-order valence-electron chi connectivity index (χ2n) is 4.50. The zero-order valence-corrected chi connectivity index (χ0v) is 9.73. The van der Waals surface area contributed by atoms with E-state index in [9.17, 15) is 4.79 Å². The molecule has 0 aromatic heterocycles. The molecule has 0 amide bonds. The highest BCUT2D eigenvalue weighted by Gasteiger charge is 2.25. The highest BCUT2D eigenvalue weighted by Crippen LogP contribution is 2.28. The molecule has 1 aliphatic heterocycles. The van der Waals surface area contributed by atoms with Crippen LogP contribution in [0.25, 0.3) is 0 Å². The average Bonchev–Trinajstić information content (AvgIpc) is 2.39. The molecule has 2 atom stereocenters. The fourth-order valence-corrected chi connectivity index (χ4v) is 2.46. The van der Waals surface area contributed by atoms with Crippen LogP contribution in [0, 0.1) is 5.92 Å². The van der Waals surface area contributed by atoms with Crippen molar-refractivity contribution in [1.82, 2.24) is 5.32 Å². The highest BCUT2D eigenvalue weighted by atomic mass is 16.4. The Morgan fingerprint density at radius 3 is 3.06 bits per heavy atom. The first-order valence-electron chi connectivity index (χ1n) is 5.99. The number of hydrogen-bond donors (Lipinski definition) is 3. The predicted octanol–water partition coefficient (Wildman–Crippen LogP) is 1.38. The van der Waals surface area contributed by atoms with Crippen molar-refractivity contribution < 1.29 is 9.90 Å². The lowest BCUT2D eigenvalue weighted by molar-refractivity contribution is 0.0696. The third kappa shape index (κ3) is 2.65. The fraction of sp³-hybridized carbons (Fsp3) is 0.462. The molecule has 4 nitrogen and oxygen atoms in total. The van der Waals surface area contributed by atoms with Gasteiger partial charge in [0.25, 0.3) is 0 Å². The summed E-state index contributed by atoms with van der Waals surface area (Å²) in [5, 5.41) is 12.4. The Morgan fingerprint density at radius 1 is 1.53 bits per heavy atom. The number of rotatable bonds is 3. The van der Waals surface area contributed by atoms with Gasteiger partial charge in [-0.05, 0) is 49.5 Å². The maximum atomic E-state index is 10.9. The van der Waals surface area contributed by atoms with E-state index in [1.54, 1.807) is 18.2 Å². The molecule has 1 fully saturated rings. The molecule has 1 heterocycles. The molecule has 1 aliphatic rings. The number of benzene rings is 1. The van der Waals surface area contributed by atoms with Crippen molar-refractivity contribution in [1.29, 1.82) is 0 Å². The van der Waals surface area contributed by atoms with Gasteiger partial charge in [-0.3, -0.25) is 0 Å². The second-order valence-corrected chi connectivity index (χ2v) is 4.50. The summed E-state index contributed by atoms with van der Waals surface area (Å²) in [6.45, 7) is 1.60. The Balaban J connectivity index is 2.25. The number of nitrogens with two attached hydrogens (primary N) is 1. The van der Waals surface area contributed by atoms with E-state index in [1.807, 2.05) is 6.07 Å². The third-order valence-electron chi connectivity index (χ3n) is 3.38. The Hall–Kier alpha value is -1.39. The van der Waals surface area contributed by atoms with Crippen LogP contribution in [0.5, 0.6) is 0 Å². The first kappa shape index (κ1) is 12.1. The monoisotopic (exact) mass is 234 g/mol. The second kappa shape index (κ2) is 5.29. The summed E-state index contributed by atoms with van der Waals surface area (Å²) in [6, 6.07) is 7.31. The van der Waals surface area contributed by atoms with Crippen LogP contribution in [0.1, 0.15) is 34.8 Å². The Bertz CT molecular complexity index is 406. The van der Waals surface area contributed by atoms with Crippen molar-refractivity contribution in [3.8, 4) is 0 Å². The van der Waals surface area contributed by atoms with Crippen molar-refractivity contribution in [3.05, 3.63) is 35.4 Å². The summed E-state index contributed by atoms with van der Waals surface area (Å²) in [6.07, 6.45) is 2.24. The Kier molecular flexibility index (Phi) is 3.76. The van der Waals surface area contributed by atoms with Crippen molar-refractivity contribution in [2.45, 2.75) is 18.9 Å². The van der Waals surface area contributed by atoms with Gasteiger partial charge in [0.1, 0.15) is 0 Å². The molecular formula is C13H18N2O2. The van der Waals surface area contributed by atoms with Crippen molar-refractivity contribution in [2.75, 3.05) is 13.1 Å². The highest BCUT2D eigenvalue weighted by molar-refractivity contribution is 5.87. The Morgan fingerprint density at radius 2 is 2.35 bits per heavy atom. The number of carboxylic acids is 1. The predicted molar refractivity (Wildman–Crippen MR) is 65.9 cm³/mol. The van der Waals surface area contributed by atoms with Crippen LogP contribution in [0.15, 0.2) is 24.3 Å². The van der Waals surface area contributed by atoms with E-state index in [1.165, 1.54) is 0 Å². The molecular weight excluding hydrogens is 216 g/mol. The fourth-order valence-electron chi connectivity index (χ4n) is 2.46. The van der Waals surface area contributed by atoms with Gasteiger partial charge in [0.15, 0.2) is 0 Å². The van der Waals surface area contributed by atoms with E-state index in [-0.39, 0.29) is 6.04 Å². The van der Waals surface area contributed by atoms with Gasteiger partial charge in [0.05, 0.1) is 5.56 Å². The first-order chi connectivity index (χ1) is 8.22. The molecule has 4 N–H and O–H groups in total. The normalized spacial score (nSPS) is 24.5. The minimum absolute atomic E-state index is 0.188. The van der Waals surface area contributed by atoms with Crippen molar-refractivity contribution >= 4 is 5.97 Å². The van der Waals surface area contributed by atoms with Crippen LogP contribution < -0.4 is 11.1 Å². The molecule has 92 valence electrons. The first-order valence-corrected chi connectivity index (χ1v) is 5.99. The summed E-state index contributed by atoms with van der Waals surface area (Å²) in [5.74, 6) is -0.486. The molecule has 17 heavy (non-hydrogen) atoms. The zero-order valence-electron chi connectivity index (χ0n) is 9.73. The molecule has 0 aliphatic carbocycles. The summed E-state index contributed by atoms with van der Waals surface area (Å²) < 4.78 is 0. The average molecular weight is 234 g/mol. The molecule has 0 bridgehead atoms. The summed E-state index contributed by atoms with van der Waals surface area (Å²) in [5.41, 5.74) is 7.14. The van der Waals surface area contributed by atoms with Crippen LogP contribution in [0.2, 0.25) is 0 Å². The van der Waals surface area contributed by atoms with E-state index in [4.69, 9.17) is 10.8 Å². The number of hydrogen-bond acceptors (Lipinski definition) is 3. The van der Waals surface area contributed by atoms with Crippen LogP contribution in [0.4, 0.5) is 0 Å². The molecule has 0 saturated carbocycles. The molecule has 0 spiro atoms. The topological polar surface area (TPSA) is 75.3 Å². The van der Waals surface area contributed by atoms with Gasteiger partial charge in [-0.2, -0.15) is 0 Å². The lowest BCUT2D eigenvalue weighted by Crippen LogP contribution is -2.37. The minimum Gasteiger partial charge on any atom is -0.478 e. The van der Waals surface area contributed by atoms with Crippen molar-refractivity contribution in [2.24, 2.45) is 11.7 Å². The van der Waals surface area contributed by atoms with E-state index in [2.05, 4.69) is 5.32 Å². The maximum absolute atomic E-state index is 10.9. The number of nitrogens with one attached hydrogen (secondary N) is 1. The van der Waals surface area contributed by atoms with Gasteiger partial charge in [-0.1, -0.05) is 12.1 Å². The molecule has 1 aromatic rings. The van der Waals surface area contributed by atoms with Gasteiger partial charge < -0.3 is 16.2 Å². The third-order valence-corrected chi connectivity index (χ3v) is 3.38. The summed E-state index contributed by atoms with van der Waals surface area (Å²) in [4.78, 5) is 10.9. The van der Waals surface area contributed by atoms with Crippen molar-refractivity contribution in [3.63, 3.8) is 0 Å². The van der Waals surface area contributed by atoms with Crippen LogP contribution in [0.3, 0.4) is 0 Å². The minimum atomic E-state index is -0.882. The lowest BCUT2D eigenvalue weighted by Gasteiger charge is -2.32. The number of piperidine rings is 1. The maximum Gasteiger partial charge on any atom is 0.335 e. The molecule has 2 rings (SSSR count). The SMILES string of the molecule is NCC1CCCNC1c1cccc(C(=O)O)c1. The van der Waals surface area contributed by atoms with Gasteiger partial charge in [0.2, 0.25) is 0 Å². The van der Waals surface area contributed by atoms with E-state index >= 15 is 0 Å². The Labute approximate surface area is 101 Å². The summed E-state index contributed by atoms with van der Waals surface area (Å²) >= 11 is 0. The van der Waals surface area contributed by atoms with Crippen LogP contribution in [-0.2, 0) is 0 Å². The zero-order chi connectivity index (χ0) is 12.3. The van der Waals surface area contributed by atoms with E-state index in [0.717, 1.165) is 24.9 Å². The quantitative estimate of drug-likeness (QED) is 0.738. The van der Waals surface area contributed by atoms with Gasteiger partial charge in [0, 0.05) is 6.04 Å². The van der Waals surface area contributed by atoms with Crippen LogP contribution >= 0.6 is 0 Å². The van der Waals surface area contributed by atoms with Gasteiger partial charge in [-0.15, -0.1) is 0 Å². The van der Waals surface area contributed by atoms with Gasteiger partial charge in [-0.25, -0.2) is 4.79 Å². The molecule has 1 aromatic carbocycles. The molecule has 0 radical (unpaired) electrons. The van der Waals surface area contributed by atoms with Crippen LogP contribution in [-0.4, -0.2) is 24.2 Å². The number of carbonyl (C=O) groups is 1. The van der Waals surface area contributed by atoms with E-state index in [0.29, 0.717) is 18.0 Å².